The molecule has 0 aliphatic rings. The van der Waals surface area contributed by atoms with E-state index in [1.54, 1.807) is 49.3 Å². The smallest absolute Gasteiger partial charge is 0.230 e. The minimum Gasteiger partial charge on any atom is -0.457 e. The van der Waals surface area contributed by atoms with Crippen molar-refractivity contribution in [3.05, 3.63) is 52.0 Å². The van der Waals surface area contributed by atoms with Gasteiger partial charge in [-0.25, -0.2) is 0 Å². The van der Waals surface area contributed by atoms with Crippen molar-refractivity contribution in [2.24, 2.45) is 0 Å². The summed E-state index contributed by atoms with van der Waals surface area (Å²) in [5.41, 5.74) is 6.56. The van der Waals surface area contributed by atoms with Crippen molar-refractivity contribution in [3.63, 3.8) is 0 Å². The van der Waals surface area contributed by atoms with Crippen LogP contribution < -0.4 is 10.6 Å². The fraction of sp³-hybridized carbons (Fsp3) is 0.111. The Morgan fingerprint density at radius 1 is 1.19 bits per heavy atom. The number of nitrogens with zero attached hydrogens (tertiary/aromatic N) is 5. The number of anilines is 2. The van der Waals surface area contributed by atoms with Crippen LogP contribution in [0.2, 0.25) is 10.0 Å². The van der Waals surface area contributed by atoms with Crippen LogP contribution in [0.1, 0.15) is 11.6 Å². The molecule has 3 rings (SSSR count). The van der Waals surface area contributed by atoms with Crippen LogP contribution in [0.5, 0.6) is 0 Å². The minimum absolute atomic E-state index is 0.0238. The monoisotopic (exact) mass is 400 g/mol. The van der Waals surface area contributed by atoms with Gasteiger partial charge in [0.1, 0.15) is 23.2 Å². The number of halogens is 2. The van der Waals surface area contributed by atoms with Gasteiger partial charge in [0.25, 0.3) is 0 Å². The van der Waals surface area contributed by atoms with Crippen molar-refractivity contribution in [3.8, 4) is 17.4 Å². The molecule has 0 saturated heterocycles. The number of hydrogen-bond acceptors (Lipinski definition) is 7. The lowest BCUT2D eigenvalue weighted by Gasteiger charge is -2.10. The maximum Gasteiger partial charge on any atom is 0.230 e. The molecule has 2 aromatic heterocycles. The molecule has 0 aliphatic carbocycles. The topological polar surface area (TPSA) is 105 Å². The summed E-state index contributed by atoms with van der Waals surface area (Å²) in [6.07, 6.45) is 1.52. The molecule has 7 nitrogen and oxygen atoms in total. The normalized spacial score (nSPS) is 11.3. The molecule has 2 N–H and O–H groups in total. The number of nitrogens with two attached hydrogens (primary N) is 1. The highest BCUT2D eigenvalue weighted by atomic mass is 35.5. The van der Waals surface area contributed by atoms with Gasteiger partial charge in [-0.15, -0.1) is 0 Å². The molecule has 0 spiro atoms. The lowest BCUT2D eigenvalue weighted by atomic mass is 10.2. The number of allylic oxidation sites excluding steroid dienone is 1. The minimum atomic E-state index is 0.0238. The van der Waals surface area contributed by atoms with E-state index in [1.807, 2.05) is 0 Å². The van der Waals surface area contributed by atoms with Crippen LogP contribution in [0.15, 0.2) is 34.7 Å². The second-order valence-electron chi connectivity index (χ2n) is 5.71. The summed E-state index contributed by atoms with van der Waals surface area (Å²) >= 11 is 12.2. The molecule has 0 radical (unpaired) electrons. The number of aromatic nitrogens is 3. The van der Waals surface area contributed by atoms with Crippen LogP contribution in [0.4, 0.5) is 11.9 Å². The molecule has 0 aliphatic heterocycles. The summed E-state index contributed by atoms with van der Waals surface area (Å²) in [4.78, 5) is 14.0. The SMILES string of the molecule is CN(C)c1nc(N)nc(/C(C#N)=C/c2ccc(-c3cc(Cl)ccc3Cl)o2)n1. The molecule has 3 aromatic rings. The Morgan fingerprint density at radius 3 is 2.67 bits per heavy atom. The number of nitrogen functional groups attached to an aromatic ring is 1. The van der Waals surface area contributed by atoms with Gasteiger partial charge in [-0.1, -0.05) is 23.2 Å². The molecule has 2 heterocycles. The number of rotatable bonds is 4. The van der Waals surface area contributed by atoms with E-state index in [1.165, 1.54) is 6.08 Å². The summed E-state index contributed by atoms with van der Waals surface area (Å²) in [5, 5.41) is 10.6. The lowest BCUT2D eigenvalue weighted by Crippen LogP contribution is -2.15. The van der Waals surface area contributed by atoms with Gasteiger partial charge in [0, 0.05) is 30.8 Å². The highest BCUT2D eigenvalue weighted by Gasteiger charge is 2.13. The first-order valence-corrected chi connectivity index (χ1v) is 8.49. The van der Waals surface area contributed by atoms with E-state index in [-0.39, 0.29) is 17.3 Å². The molecule has 0 fully saturated rings. The van der Waals surface area contributed by atoms with Crippen molar-refractivity contribution in [2.75, 3.05) is 24.7 Å². The fourth-order valence-corrected chi connectivity index (χ4v) is 2.63. The molecule has 0 amide bonds. The fourth-order valence-electron chi connectivity index (χ4n) is 2.25. The van der Waals surface area contributed by atoms with Gasteiger partial charge in [0.15, 0.2) is 5.82 Å². The van der Waals surface area contributed by atoms with Crippen molar-refractivity contribution < 1.29 is 4.42 Å². The number of nitriles is 1. The predicted molar refractivity (Wildman–Crippen MR) is 106 cm³/mol. The summed E-state index contributed by atoms with van der Waals surface area (Å²) in [6, 6.07) is 10.6. The average Bonchev–Trinajstić information content (AvgIpc) is 3.09. The Kier molecular flexibility index (Phi) is 5.31. The zero-order valence-electron chi connectivity index (χ0n) is 14.4. The molecule has 0 bridgehead atoms. The van der Waals surface area contributed by atoms with E-state index in [9.17, 15) is 5.26 Å². The summed E-state index contributed by atoms with van der Waals surface area (Å²) in [6.45, 7) is 0. The molecule has 136 valence electrons. The number of benzene rings is 1. The van der Waals surface area contributed by atoms with Crippen molar-refractivity contribution >= 4 is 46.7 Å². The van der Waals surface area contributed by atoms with Crippen LogP contribution in [0.3, 0.4) is 0 Å². The summed E-state index contributed by atoms with van der Waals surface area (Å²) < 4.78 is 5.78. The third-order valence-electron chi connectivity index (χ3n) is 3.51. The lowest BCUT2D eigenvalue weighted by molar-refractivity contribution is 0.572. The second-order valence-corrected chi connectivity index (χ2v) is 6.55. The predicted octanol–water partition coefficient (Wildman–Crippen LogP) is 4.15. The molecule has 27 heavy (non-hydrogen) atoms. The molecule has 9 heteroatoms. The van der Waals surface area contributed by atoms with E-state index >= 15 is 0 Å². The third kappa shape index (κ3) is 4.19. The van der Waals surface area contributed by atoms with E-state index in [0.717, 1.165) is 0 Å². The van der Waals surface area contributed by atoms with Gasteiger partial charge in [-0.05, 0) is 30.3 Å². The van der Waals surface area contributed by atoms with Crippen LogP contribution >= 0.6 is 23.2 Å². The molecule has 0 saturated carbocycles. The zero-order chi connectivity index (χ0) is 19.6. The van der Waals surface area contributed by atoms with Gasteiger partial charge in [-0.3, -0.25) is 0 Å². The number of hydrogen-bond donors (Lipinski definition) is 1. The van der Waals surface area contributed by atoms with Crippen LogP contribution in [-0.4, -0.2) is 29.0 Å². The molecular formula is C18H14Cl2N6O. The van der Waals surface area contributed by atoms with Gasteiger partial charge in [0.05, 0.1) is 5.02 Å². The van der Waals surface area contributed by atoms with E-state index in [0.29, 0.717) is 33.1 Å². The summed E-state index contributed by atoms with van der Waals surface area (Å²) in [7, 11) is 3.53. The van der Waals surface area contributed by atoms with Gasteiger partial charge >= 0.3 is 0 Å². The average molecular weight is 401 g/mol. The quantitative estimate of drug-likeness (QED) is 0.655. The summed E-state index contributed by atoms with van der Waals surface area (Å²) in [5.74, 6) is 1.49. The largest absolute Gasteiger partial charge is 0.457 e. The van der Waals surface area contributed by atoms with Gasteiger partial charge < -0.3 is 15.1 Å². The third-order valence-corrected chi connectivity index (χ3v) is 4.07. The zero-order valence-corrected chi connectivity index (χ0v) is 16.0. The van der Waals surface area contributed by atoms with Gasteiger partial charge in [0.2, 0.25) is 11.9 Å². The van der Waals surface area contributed by atoms with Gasteiger partial charge in [-0.2, -0.15) is 20.2 Å². The molecule has 0 unspecified atom stereocenters. The Morgan fingerprint density at radius 2 is 1.96 bits per heavy atom. The Labute approximate surface area is 165 Å². The Hall–Kier alpha value is -3.08. The first kappa shape index (κ1) is 18.7. The first-order valence-electron chi connectivity index (χ1n) is 7.73. The van der Waals surface area contributed by atoms with Crippen LogP contribution in [0, 0.1) is 11.3 Å². The second kappa shape index (κ2) is 7.66. The maximum atomic E-state index is 9.51. The van der Waals surface area contributed by atoms with Crippen LogP contribution in [-0.2, 0) is 0 Å². The van der Waals surface area contributed by atoms with Crippen molar-refractivity contribution in [1.82, 2.24) is 15.0 Å². The Bertz CT molecular complexity index is 1070. The first-order chi connectivity index (χ1) is 12.9. The highest BCUT2D eigenvalue weighted by Crippen LogP contribution is 2.32. The highest BCUT2D eigenvalue weighted by molar-refractivity contribution is 6.35. The van der Waals surface area contributed by atoms with Crippen molar-refractivity contribution in [1.29, 1.82) is 5.26 Å². The van der Waals surface area contributed by atoms with E-state index < -0.39 is 0 Å². The van der Waals surface area contributed by atoms with Crippen molar-refractivity contribution in [2.45, 2.75) is 0 Å². The molecule has 1 aromatic carbocycles. The van der Waals surface area contributed by atoms with E-state index in [4.69, 9.17) is 33.4 Å². The standard InChI is InChI=1S/C18H14Cl2N6O/c1-26(2)18-24-16(23-17(22)25-18)10(9-21)7-12-4-6-15(27-12)13-8-11(19)3-5-14(13)20/h3-8H,1-2H3,(H2,22,23,24,25)/b10-7+. The Balaban J connectivity index is 2.00. The maximum absolute atomic E-state index is 9.51. The molecular weight excluding hydrogens is 387 g/mol. The number of furan rings is 1. The van der Waals surface area contributed by atoms with Crippen LogP contribution in [0.25, 0.3) is 23.0 Å². The molecule has 0 atom stereocenters. The van der Waals surface area contributed by atoms with E-state index in [2.05, 4.69) is 21.0 Å².